The maximum absolute atomic E-state index is 10.8. The lowest BCUT2D eigenvalue weighted by atomic mass is 9.69. The smallest absolute Gasteiger partial charge is 0.171 e. The van der Waals surface area contributed by atoms with Crippen molar-refractivity contribution in [2.45, 2.75) is 65.3 Å². The van der Waals surface area contributed by atoms with Crippen molar-refractivity contribution in [3.8, 4) is 0 Å². The van der Waals surface area contributed by atoms with Gasteiger partial charge in [-0.25, -0.2) is 0 Å². The molecule has 4 unspecified atom stereocenters. The van der Waals surface area contributed by atoms with Crippen molar-refractivity contribution in [3.05, 3.63) is 0 Å². The Kier molecular flexibility index (Phi) is 2.45. The van der Waals surface area contributed by atoms with Gasteiger partial charge >= 0.3 is 0 Å². The number of ether oxygens (including phenoxy) is 1. The van der Waals surface area contributed by atoms with E-state index in [9.17, 15) is 5.11 Å². The van der Waals surface area contributed by atoms with Crippen molar-refractivity contribution < 1.29 is 9.84 Å². The summed E-state index contributed by atoms with van der Waals surface area (Å²) in [5, 5.41) is 10.8. The van der Waals surface area contributed by atoms with Crippen LogP contribution in [-0.4, -0.2) is 17.0 Å². The van der Waals surface area contributed by atoms with Gasteiger partial charge < -0.3 is 9.84 Å². The second-order valence-electron chi connectivity index (χ2n) is 7.27. The molecule has 0 radical (unpaired) electrons. The Morgan fingerprint density at radius 3 is 2.59 bits per heavy atom. The Bertz CT molecular complexity index is 327. The van der Waals surface area contributed by atoms with Crippen LogP contribution in [0.25, 0.3) is 0 Å². The van der Waals surface area contributed by atoms with Gasteiger partial charge in [-0.1, -0.05) is 27.7 Å². The molecule has 6 atom stereocenters. The highest BCUT2D eigenvalue weighted by Crippen LogP contribution is 2.66. The zero-order valence-corrected chi connectivity index (χ0v) is 11.6. The van der Waals surface area contributed by atoms with E-state index in [0.29, 0.717) is 23.9 Å². The van der Waals surface area contributed by atoms with Crippen LogP contribution in [0.15, 0.2) is 0 Å². The molecule has 3 fully saturated rings. The molecule has 2 saturated heterocycles. The molecule has 0 amide bonds. The molecule has 2 heteroatoms. The molecule has 2 aliphatic heterocycles. The van der Waals surface area contributed by atoms with Gasteiger partial charge in [0.2, 0.25) is 0 Å². The van der Waals surface area contributed by atoms with Crippen LogP contribution in [0.2, 0.25) is 0 Å². The molecule has 2 heterocycles. The van der Waals surface area contributed by atoms with Crippen LogP contribution in [-0.2, 0) is 4.74 Å². The molecule has 2 bridgehead atoms. The topological polar surface area (TPSA) is 29.5 Å². The molecule has 0 spiro atoms. The van der Waals surface area contributed by atoms with Crippen LogP contribution < -0.4 is 0 Å². The molecule has 1 saturated carbocycles. The third kappa shape index (κ3) is 1.34. The minimum absolute atomic E-state index is 0.0113. The lowest BCUT2D eigenvalue weighted by Crippen LogP contribution is -2.45. The zero-order valence-electron chi connectivity index (χ0n) is 11.6. The summed E-state index contributed by atoms with van der Waals surface area (Å²) in [6.45, 7) is 9.23. The minimum Gasteiger partial charge on any atom is -0.365 e. The van der Waals surface area contributed by atoms with Gasteiger partial charge in [-0.15, -0.1) is 0 Å². The van der Waals surface area contributed by atoms with Gasteiger partial charge in [0.25, 0.3) is 0 Å². The number of fused-ring (bicyclic) bond motifs is 5. The molecule has 0 aromatic rings. The average Bonchev–Trinajstić information content (AvgIpc) is 2.69. The highest BCUT2D eigenvalue weighted by molar-refractivity contribution is 5.12. The fourth-order valence-corrected chi connectivity index (χ4v) is 4.93. The van der Waals surface area contributed by atoms with E-state index >= 15 is 0 Å². The number of hydrogen-bond acceptors (Lipinski definition) is 2. The van der Waals surface area contributed by atoms with Gasteiger partial charge in [-0.3, -0.25) is 0 Å². The standard InChI is InChI=1S/C15H26O2/c1-9(2)11-6-7-14(4)12(11)13-10(3)5-8-15(14,16)17-13/h9-13,16H,5-8H2,1-4H3/t10?,11-,12?,13?,14+,15?/m1/s1. The van der Waals surface area contributed by atoms with Crippen LogP contribution in [0, 0.1) is 29.1 Å². The van der Waals surface area contributed by atoms with Crippen LogP contribution in [0.1, 0.15) is 53.4 Å². The molecule has 1 aliphatic carbocycles. The first-order chi connectivity index (χ1) is 7.89. The minimum atomic E-state index is -0.821. The lowest BCUT2D eigenvalue weighted by molar-refractivity contribution is -0.264. The van der Waals surface area contributed by atoms with Crippen molar-refractivity contribution in [2.75, 3.05) is 0 Å². The molecule has 3 rings (SSSR count). The summed E-state index contributed by atoms with van der Waals surface area (Å²) in [6, 6.07) is 0. The Morgan fingerprint density at radius 1 is 1.24 bits per heavy atom. The van der Waals surface area contributed by atoms with Gasteiger partial charge in [0, 0.05) is 11.8 Å². The van der Waals surface area contributed by atoms with Crippen molar-refractivity contribution in [1.29, 1.82) is 0 Å². The Labute approximate surface area is 105 Å². The fraction of sp³-hybridized carbons (Fsp3) is 1.00. The fourth-order valence-electron chi connectivity index (χ4n) is 4.93. The van der Waals surface area contributed by atoms with Crippen molar-refractivity contribution in [2.24, 2.45) is 29.1 Å². The van der Waals surface area contributed by atoms with Gasteiger partial charge in [0.05, 0.1) is 6.10 Å². The zero-order chi connectivity index (χ0) is 12.4. The second-order valence-corrected chi connectivity index (χ2v) is 7.27. The summed E-state index contributed by atoms with van der Waals surface area (Å²) >= 11 is 0. The van der Waals surface area contributed by atoms with Crippen LogP contribution in [0.4, 0.5) is 0 Å². The first-order valence-corrected chi connectivity index (χ1v) is 7.29. The summed E-state index contributed by atoms with van der Waals surface area (Å²) in [4.78, 5) is 0. The van der Waals surface area contributed by atoms with Crippen LogP contribution in [0.3, 0.4) is 0 Å². The SMILES string of the molecule is CC1CCC2(O)OC1C1[C@@H](C(C)C)CC[C@@]12C. The third-order valence-corrected chi connectivity index (χ3v) is 6.13. The first-order valence-electron chi connectivity index (χ1n) is 7.29. The molecule has 17 heavy (non-hydrogen) atoms. The van der Waals surface area contributed by atoms with E-state index in [1.54, 1.807) is 0 Å². The van der Waals surface area contributed by atoms with Gasteiger partial charge in [0.1, 0.15) is 0 Å². The summed E-state index contributed by atoms with van der Waals surface area (Å²) < 4.78 is 6.10. The predicted molar refractivity (Wildman–Crippen MR) is 67.4 cm³/mol. The Balaban J connectivity index is 2.01. The number of hydrogen-bond donors (Lipinski definition) is 1. The molecule has 98 valence electrons. The van der Waals surface area contributed by atoms with Crippen molar-refractivity contribution in [3.63, 3.8) is 0 Å². The average molecular weight is 238 g/mol. The first kappa shape index (κ1) is 12.0. The van der Waals surface area contributed by atoms with Crippen LogP contribution >= 0.6 is 0 Å². The van der Waals surface area contributed by atoms with Crippen molar-refractivity contribution >= 4 is 0 Å². The van der Waals surface area contributed by atoms with E-state index in [1.165, 1.54) is 6.42 Å². The van der Waals surface area contributed by atoms with E-state index in [2.05, 4.69) is 27.7 Å². The molecule has 0 aromatic heterocycles. The molecular weight excluding hydrogens is 212 g/mol. The largest absolute Gasteiger partial charge is 0.365 e. The van der Waals surface area contributed by atoms with E-state index < -0.39 is 5.79 Å². The highest BCUT2D eigenvalue weighted by Gasteiger charge is 2.69. The molecular formula is C15H26O2. The Hall–Kier alpha value is -0.0800. The summed E-state index contributed by atoms with van der Waals surface area (Å²) in [5.74, 6) is 1.81. The number of rotatable bonds is 1. The quantitative estimate of drug-likeness (QED) is 0.760. The van der Waals surface area contributed by atoms with E-state index in [1.807, 2.05) is 0 Å². The highest BCUT2D eigenvalue weighted by atomic mass is 16.6. The maximum atomic E-state index is 10.8. The molecule has 2 nitrogen and oxygen atoms in total. The maximum Gasteiger partial charge on any atom is 0.171 e. The van der Waals surface area contributed by atoms with Crippen molar-refractivity contribution in [1.82, 2.24) is 0 Å². The van der Waals surface area contributed by atoms with Gasteiger partial charge in [-0.05, 0) is 42.9 Å². The van der Waals surface area contributed by atoms with E-state index in [4.69, 9.17) is 4.74 Å². The van der Waals surface area contributed by atoms with E-state index in [0.717, 1.165) is 25.2 Å². The summed E-state index contributed by atoms with van der Waals surface area (Å²) in [5.41, 5.74) is 0.0113. The Morgan fingerprint density at radius 2 is 1.94 bits per heavy atom. The van der Waals surface area contributed by atoms with Gasteiger partial charge in [-0.2, -0.15) is 0 Å². The summed E-state index contributed by atoms with van der Waals surface area (Å²) in [7, 11) is 0. The summed E-state index contributed by atoms with van der Waals surface area (Å²) in [6.07, 6.45) is 4.67. The molecule has 1 N–H and O–H groups in total. The third-order valence-electron chi connectivity index (χ3n) is 6.13. The number of aliphatic hydroxyl groups is 1. The second kappa shape index (κ2) is 3.48. The monoisotopic (exact) mass is 238 g/mol. The van der Waals surface area contributed by atoms with Gasteiger partial charge in [0.15, 0.2) is 5.79 Å². The normalized spacial score (nSPS) is 57.5. The predicted octanol–water partition coefficient (Wildman–Crippen LogP) is 3.19. The van der Waals surface area contributed by atoms with Crippen LogP contribution in [0.5, 0.6) is 0 Å². The molecule has 0 aromatic carbocycles. The lowest BCUT2D eigenvalue weighted by Gasteiger charge is -2.39. The molecule has 3 aliphatic rings. The van der Waals surface area contributed by atoms with E-state index in [-0.39, 0.29) is 5.41 Å².